The molecule has 1 fully saturated rings. The van der Waals surface area contributed by atoms with Gasteiger partial charge in [0.1, 0.15) is 11.6 Å². The zero-order chi connectivity index (χ0) is 27.8. The van der Waals surface area contributed by atoms with Crippen molar-refractivity contribution in [2.45, 2.75) is 52.5 Å². The Bertz CT molecular complexity index is 1590. The van der Waals surface area contributed by atoms with Crippen LogP contribution in [0.5, 0.6) is 0 Å². The summed E-state index contributed by atoms with van der Waals surface area (Å²) in [6, 6.07) is 10.5. The lowest BCUT2D eigenvalue weighted by Gasteiger charge is -2.32. The number of anilines is 2. The lowest BCUT2D eigenvalue weighted by Crippen LogP contribution is -2.43. The van der Waals surface area contributed by atoms with Gasteiger partial charge in [0.05, 0.1) is 11.4 Å². The Labute approximate surface area is 224 Å². The molecule has 0 atom stereocenters. The van der Waals surface area contributed by atoms with Crippen molar-refractivity contribution in [1.82, 2.24) is 29.6 Å². The van der Waals surface area contributed by atoms with Gasteiger partial charge in [-0.1, -0.05) is 19.1 Å². The number of carbonyl (C=O) groups excluding carboxylic acids is 1. The molecule has 4 aromatic rings. The molecule has 39 heavy (non-hydrogen) atoms. The van der Waals surface area contributed by atoms with Gasteiger partial charge < -0.3 is 10.8 Å². The molecule has 5 rings (SSSR count). The molecule has 1 saturated carbocycles. The van der Waals surface area contributed by atoms with E-state index in [9.17, 15) is 14.7 Å². The Hall–Kier alpha value is -4.79. The third kappa shape index (κ3) is 4.79. The van der Waals surface area contributed by atoms with Crippen molar-refractivity contribution in [2.24, 2.45) is 11.8 Å². The first-order chi connectivity index (χ1) is 18.7. The number of rotatable bonds is 6. The Morgan fingerprint density at radius 2 is 1.82 bits per heavy atom. The molecule has 12 heteroatoms. The minimum Gasteiger partial charge on any atom is -0.477 e. The highest BCUT2D eigenvalue weighted by atomic mass is 16.4. The van der Waals surface area contributed by atoms with E-state index >= 15 is 0 Å². The molecule has 0 bridgehead atoms. The minimum atomic E-state index is -1.15. The number of benzene rings is 1. The van der Waals surface area contributed by atoms with E-state index in [1.807, 2.05) is 32.0 Å². The quantitative estimate of drug-likeness (QED) is 0.380. The molecule has 1 aromatic carbocycles. The van der Waals surface area contributed by atoms with Crippen LogP contribution < -0.4 is 10.6 Å². The highest BCUT2D eigenvalue weighted by Crippen LogP contribution is 2.33. The Morgan fingerprint density at radius 1 is 1.13 bits per heavy atom. The maximum absolute atomic E-state index is 13.5. The number of aromatic nitrogens is 6. The van der Waals surface area contributed by atoms with Crippen molar-refractivity contribution in [3.8, 4) is 23.0 Å². The molecule has 1 amide bonds. The predicted octanol–water partition coefficient (Wildman–Crippen LogP) is 3.70. The van der Waals surface area contributed by atoms with Gasteiger partial charge in [0.15, 0.2) is 17.3 Å². The second kappa shape index (κ2) is 10.2. The normalized spacial score (nSPS) is 17.3. The Morgan fingerprint density at radius 3 is 2.44 bits per heavy atom. The summed E-state index contributed by atoms with van der Waals surface area (Å²) in [5, 5.41) is 35.9. The number of hydrogen-bond acceptors (Lipinski definition) is 8. The Balaban J connectivity index is 1.46. The van der Waals surface area contributed by atoms with Gasteiger partial charge in [-0.15, -0.1) is 15.3 Å². The zero-order valence-electron chi connectivity index (χ0n) is 21.9. The lowest BCUT2D eigenvalue weighted by molar-refractivity contribution is -0.124. The van der Waals surface area contributed by atoms with Gasteiger partial charge in [-0.25, -0.2) is 9.48 Å². The molecule has 3 heterocycles. The number of aromatic carboxylic acids is 1. The van der Waals surface area contributed by atoms with E-state index in [1.165, 1.54) is 20.3 Å². The first-order valence-corrected chi connectivity index (χ1v) is 12.9. The van der Waals surface area contributed by atoms with Crippen LogP contribution >= 0.6 is 0 Å². The number of nitriles is 1. The van der Waals surface area contributed by atoms with Crippen LogP contribution in [0.25, 0.3) is 22.6 Å². The van der Waals surface area contributed by atoms with E-state index in [0.717, 1.165) is 31.2 Å². The van der Waals surface area contributed by atoms with Crippen LogP contribution in [-0.4, -0.2) is 52.6 Å². The summed E-state index contributed by atoms with van der Waals surface area (Å²) in [4.78, 5) is 27.3. The zero-order valence-corrected chi connectivity index (χ0v) is 21.9. The summed E-state index contributed by atoms with van der Waals surface area (Å²) >= 11 is 0. The summed E-state index contributed by atoms with van der Waals surface area (Å²) in [7, 11) is 0. The first kappa shape index (κ1) is 25.8. The molecule has 0 unspecified atom stereocenters. The number of nitrogens with two attached hydrogens (primary N) is 1. The maximum Gasteiger partial charge on any atom is 0.341 e. The predicted molar refractivity (Wildman–Crippen MR) is 143 cm³/mol. The summed E-state index contributed by atoms with van der Waals surface area (Å²) in [5.41, 5.74) is 8.26. The van der Waals surface area contributed by atoms with E-state index in [0.29, 0.717) is 22.9 Å². The second-order valence-electron chi connectivity index (χ2n) is 10.3. The highest BCUT2D eigenvalue weighted by molar-refractivity contribution is 6.01. The van der Waals surface area contributed by atoms with Crippen molar-refractivity contribution >= 4 is 29.2 Å². The van der Waals surface area contributed by atoms with Crippen molar-refractivity contribution in [1.29, 1.82) is 5.26 Å². The maximum atomic E-state index is 13.5. The van der Waals surface area contributed by atoms with Crippen LogP contribution in [0.15, 0.2) is 36.5 Å². The molecular formula is C27H29N9O3. The van der Waals surface area contributed by atoms with Gasteiger partial charge in [0.25, 0.3) is 0 Å². The van der Waals surface area contributed by atoms with Crippen molar-refractivity contribution in [3.63, 3.8) is 0 Å². The molecule has 1 aliphatic carbocycles. The number of carboxylic acid groups (broad SMARTS) is 1. The van der Waals surface area contributed by atoms with E-state index < -0.39 is 5.97 Å². The number of amides is 1. The van der Waals surface area contributed by atoms with Gasteiger partial charge in [-0.05, 0) is 57.6 Å². The largest absolute Gasteiger partial charge is 0.477 e. The number of carboxylic acids is 1. The molecular weight excluding hydrogens is 498 g/mol. The molecule has 3 aromatic heterocycles. The topological polar surface area (TPSA) is 168 Å². The molecule has 3 N–H and O–H groups in total. The summed E-state index contributed by atoms with van der Waals surface area (Å²) in [6.45, 7) is 5.93. The van der Waals surface area contributed by atoms with Gasteiger partial charge in [0, 0.05) is 29.8 Å². The highest BCUT2D eigenvalue weighted by Gasteiger charge is 2.34. The van der Waals surface area contributed by atoms with Crippen LogP contribution in [0.2, 0.25) is 0 Å². The molecule has 200 valence electrons. The third-order valence-electron chi connectivity index (χ3n) is 7.22. The molecule has 0 aliphatic heterocycles. The van der Waals surface area contributed by atoms with Gasteiger partial charge >= 0.3 is 5.97 Å². The van der Waals surface area contributed by atoms with E-state index in [4.69, 9.17) is 11.0 Å². The second-order valence-corrected chi connectivity index (χ2v) is 10.3. The summed E-state index contributed by atoms with van der Waals surface area (Å²) < 4.78 is 2.83. The van der Waals surface area contributed by atoms with Crippen molar-refractivity contribution < 1.29 is 14.7 Å². The van der Waals surface area contributed by atoms with Crippen molar-refractivity contribution in [2.75, 3.05) is 10.6 Å². The van der Waals surface area contributed by atoms with Crippen LogP contribution in [0.1, 0.15) is 62.5 Å². The minimum absolute atomic E-state index is 0.0109. The van der Waals surface area contributed by atoms with Crippen LogP contribution in [0, 0.1) is 23.2 Å². The SMILES string of the molecule is CC(C)N(c1nn(-c2ccc(-c3cc4nnc(C#N)c(N)n4n3)cc2)cc1C(=O)O)C(=O)[C@H]1CC[C@H](C)CC1. The fraction of sp³-hybridized carbons (Fsp3) is 0.370. The first-order valence-electron chi connectivity index (χ1n) is 12.9. The van der Waals surface area contributed by atoms with Crippen LogP contribution in [0.3, 0.4) is 0 Å². The van der Waals surface area contributed by atoms with E-state index in [2.05, 4.69) is 27.3 Å². The number of carbonyl (C=O) groups is 2. The van der Waals surface area contributed by atoms with Crippen LogP contribution in [-0.2, 0) is 4.79 Å². The number of nitrogens with zero attached hydrogens (tertiary/aromatic N) is 8. The molecule has 0 radical (unpaired) electrons. The monoisotopic (exact) mass is 527 g/mol. The summed E-state index contributed by atoms with van der Waals surface area (Å²) in [6.07, 6.45) is 5.00. The van der Waals surface area contributed by atoms with E-state index in [1.54, 1.807) is 18.2 Å². The smallest absolute Gasteiger partial charge is 0.341 e. The average molecular weight is 528 g/mol. The molecule has 1 aliphatic rings. The van der Waals surface area contributed by atoms with E-state index in [-0.39, 0.29) is 40.8 Å². The van der Waals surface area contributed by atoms with Crippen molar-refractivity contribution in [3.05, 3.63) is 47.8 Å². The van der Waals surface area contributed by atoms with Crippen LogP contribution in [0.4, 0.5) is 11.6 Å². The number of fused-ring (bicyclic) bond motifs is 1. The standard InChI is InChI=1S/C27H29N9O3/c1-15(2)35(26(37)18-6-4-16(3)5-7-18)25-20(27(38)39)14-34(33-25)19-10-8-17(9-11-19)21-12-23-31-30-22(13-28)24(29)36(23)32-21/h8-12,14-16,18H,4-7,29H2,1-3H3,(H,38,39)/t16-,18-. The van der Waals surface area contributed by atoms with Gasteiger partial charge in [-0.3, -0.25) is 9.69 Å². The average Bonchev–Trinajstić information content (AvgIpc) is 3.55. The summed E-state index contributed by atoms with van der Waals surface area (Å²) in [5.74, 6) is -0.518. The fourth-order valence-electron chi connectivity index (χ4n) is 5.01. The molecule has 12 nitrogen and oxygen atoms in total. The molecule has 0 saturated heterocycles. The molecule has 0 spiro atoms. The lowest BCUT2D eigenvalue weighted by atomic mass is 9.82. The fourth-order valence-corrected chi connectivity index (χ4v) is 5.01. The third-order valence-corrected chi connectivity index (χ3v) is 7.22. The number of nitrogen functional groups attached to an aromatic ring is 1. The number of hydrogen-bond donors (Lipinski definition) is 2. The van der Waals surface area contributed by atoms with Gasteiger partial charge in [0.2, 0.25) is 11.6 Å². The Kier molecular flexibility index (Phi) is 6.74. The van der Waals surface area contributed by atoms with Gasteiger partial charge in [-0.2, -0.15) is 14.9 Å².